The zero-order chi connectivity index (χ0) is 81.9. The summed E-state index contributed by atoms with van der Waals surface area (Å²) in [5.41, 5.74) is 4.54. The second-order valence-corrected chi connectivity index (χ2v) is 31.6. The minimum absolute atomic E-state index is 0.0141. The van der Waals surface area contributed by atoms with Crippen molar-refractivity contribution in [2.45, 2.75) is 296 Å². The third-order valence-corrected chi connectivity index (χ3v) is 23.9. The first-order valence-corrected chi connectivity index (χ1v) is 40.5. The number of carbonyl (C=O) groups is 8. The van der Waals surface area contributed by atoms with E-state index in [-0.39, 0.29) is 67.5 Å². The first-order valence-electron chi connectivity index (χ1n) is 40.5. The van der Waals surface area contributed by atoms with Crippen LogP contribution in [0.15, 0.2) is 144 Å². The summed E-state index contributed by atoms with van der Waals surface area (Å²) in [5.74, 6) is -4.48. The molecule has 0 aliphatic heterocycles. The Morgan fingerprint density at radius 1 is 0.477 bits per heavy atom. The number of carboxylic acid groups (broad SMARTS) is 4. The highest BCUT2D eigenvalue weighted by molar-refractivity contribution is 6.17. The van der Waals surface area contributed by atoms with Gasteiger partial charge >= 0.3 is 47.8 Å². The average Bonchev–Trinajstić information content (AvgIpc) is 1.56. The Hall–Kier alpha value is -7.92. The second-order valence-electron chi connectivity index (χ2n) is 31.6. The van der Waals surface area contributed by atoms with E-state index in [0.29, 0.717) is 59.5 Å². The molecule has 4 aliphatic rings. The molecule has 0 aromatic heterocycles. The predicted molar refractivity (Wildman–Crippen MR) is 436 cm³/mol. The van der Waals surface area contributed by atoms with Crippen molar-refractivity contribution in [3.63, 3.8) is 0 Å². The molecule has 6 unspecified atom stereocenters. The molecule has 4 N–H and O–H groups in total. The fraction of sp³-hybridized carbons (Fsp3) is 0.609. The Morgan fingerprint density at radius 2 is 0.917 bits per heavy atom. The fourth-order valence-electron chi connectivity index (χ4n) is 15.5. The number of ether oxygens (including phenoxy) is 5. The van der Waals surface area contributed by atoms with E-state index in [4.69, 9.17) is 29.2 Å². The number of aliphatic carboxylic acids is 4. The lowest BCUT2D eigenvalue weighted by Gasteiger charge is -2.41. The van der Waals surface area contributed by atoms with Crippen LogP contribution >= 0.6 is 0 Å². The molecule has 0 amide bonds. The van der Waals surface area contributed by atoms with E-state index in [9.17, 15) is 48.6 Å². The first-order chi connectivity index (χ1) is 51.6. The molecule has 0 heterocycles. The highest BCUT2D eigenvalue weighted by Gasteiger charge is 2.64. The van der Waals surface area contributed by atoms with Gasteiger partial charge in [0, 0.05) is 40.9 Å². The molecule has 4 bridgehead atoms. The van der Waals surface area contributed by atoms with Gasteiger partial charge in [0.25, 0.3) is 0 Å². The van der Waals surface area contributed by atoms with Crippen molar-refractivity contribution in [3.05, 3.63) is 155 Å². The molecule has 0 saturated heterocycles. The fourth-order valence-corrected chi connectivity index (χ4v) is 15.5. The quantitative estimate of drug-likeness (QED) is 0.0158. The van der Waals surface area contributed by atoms with Crippen molar-refractivity contribution in [1.29, 1.82) is 0 Å². The molecule has 4 aliphatic carbocycles. The Balaban J connectivity index is 0.000000480. The second kappa shape index (κ2) is 50.8. The summed E-state index contributed by atoms with van der Waals surface area (Å²) < 4.78 is 26.6. The summed E-state index contributed by atoms with van der Waals surface area (Å²) in [6.45, 7) is 45.1. The van der Waals surface area contributed by atoms with E-state index >= 15 is 0 Å². The van der Waals surface area contributed by atoms with Gasteiger partial charge in [-0.3, -0.25) is 0 Å². The number of allylic oxidation sites excluding steroid dienone is 1. The van der Waals surface area contributed by atoms with Gasteiger partial charge in [0.15, 0.2) is 0 Å². The number of rotatable bonds is 44. The standard InChI is InChI=1S/C27H40O4.C24H46O3.C19H16O4.C15H28O2.C7H8O4/c1-15(19-13-17-9-11-26(19,7)24(17,3)4)23(30)31-21(16(2)22(28)29)20-14-18-10-12-27(20,8)25(18,5)6;1-5-8-10-11-12-13-14-15-16-17-18-23(19-21-26-20-9-6-2)22(4)24(25)27-7-3;1-13(15-9-5-3-6-10-15)19(22)23-17(14(2)18(20)21)16-11-7-4-8-12-16;1-3-4-5-6-7-8-9-10-11-12-13-14(2)15(16)17;1-3-6(8)11-4-5(2)7(9)10/h17-20H,1,9-14H2,2-8H3,(H,28,29);5-21H2,1-4H3;3-12H,1H2,2H3,(H,20,21);2-13H2,1H3,(H,16,17);3-4H,1H2,2H3,(H,9,10). The average molecular weight is 1520 g/mol. The van der Waals surface area contributed by atoms with Crippen molar-refractivity contribution < 1.29 is 82.5 Å². The van der Waals surface area contributed by atoms with Crippen LogP contribution in [0.2, 0.25) is 0 Å². The van der Waals surface area contributed by atoms with Gasteiger partial charge in [-0.2, -0.15) is 0 Å². The lowest BCUT2D eigenvalue weighted by atomic mass is 9.65. The largest absolute Gasteiger partial charge is 0.478 e. The van der Waals surface area contributed by atoms with Gasteiger partial charge in [-0.1, -0.05) is 277 Å². The number of hydrogen-bond donors (Lipinski definition) is 4. The molecule has 6 atom stereocenters. The van der Waals surface area contributed by atoms with Crippen molar-refractivity contribution >= 4 is 59.1 Å². The van der Waals surface area contributed by atoms with Gasteiger partial charge in [0.1, 0.15) is 17.8 Å². The van der Waals surface area contributed by atoms with Gasteiger partial charge in [0.2, 0.25) is 0 Å². The summed E-state index contributed by atoms with van der Waals surface area (Å²) in [6, 6.07) is 17.5. The van der Waals surface area contributed by atoms with Gasteiger partial charge in [-0.25, -0.2) is 38.4 Å². The van der Waals surface area contributed by atoms with Crippen LogP contribution in [0.4, 0.5) is 0 Å². The highest BCUT2D eigenvalue weighted by atomic mass is 16.5. The van der Waals surface area contributed by atoms with Crippen molar-refractivity contribution in [3.8, 4) is 0 Å². The molecule has 2 aromatic rings. The van der Waals surface area contributed by atoms with E-state index < -0.39 is 41.8 Å². The number of carboxylic acids is 4. The molecule has 6 rings (SSSR count). The highest BCUT2D eigenvalue weighted by Crippen LogP contribution is 2.71. The molecule has 17 nitrogen and oxygen atoms in total. The zero-order valence-electron chi connectivity index (χ0n) is 69.2. The predicted octanol–water partition coefficient (Wildman–Crippen LogP) is 23.2. The number of unbranched alkanes of at least 4 members (excludes halogenated alkanes) is 19. The summed E-state index contributed by atoms with van der Waals surface area (Å²) in [6.07, 6.45) is 39.1. The van der Waals surface area contributed by atoms with Crippen LogP contribution in [0.3, 0.4) is 0 Å². The molecule has 608 valence electrons. The maximum Gasteiger partial charge on any atom is 0.343 e. The van der Waals surface area contributed by atoms with Gasteiger partial charge in [-0.05, 0) is 157 Å². The molecule has 109 heavy (non-hydrogen) atoms. The van der Waals surface area contributed by atoms with Crippen molar-refractivity contribution in [2.75, 3.05) is 19.8 Å². The molecule has 4 fully saturated rings. The Bertz CT molecular complexity index is 3400. The molecule has 4 saturated carbocycles. The van der Waals surface area contributed by atoms with E-state index in [2.05, 4.69) is 93.4 Å². The van der Waals surface area contributed by atoms with Crippen LogP contribution < -0.4 is 0 Å². The molecular formula is C92H138O17. The van der Waals surface area contributed by atoms with E-state index in [0.717, 1.165) is 102 Å². The smallest absolute Gasteiger partial charge is 0.343 e. The molecule has 0 spiro atoms. The maximum absolute atomic E-state index is 13.4. The Labute approximate surface area is 654 Å². The van der Waals surface area contributed by atoms with Crippen molar-refractivity contribution in [2.24, 2.45) is 45.3 Å². The Morgan fingerprint density at radius 3 is 1.32 bits per heavy atom. The van der Waals surface area contributed by atoms with Gasteiger partial charge < -0.3 is 44.1 Å². The van der Waals surface area contributed by atoms with Crippen molar-refractivity contribution in [1.82, 2.24) is 0 Å². The van der Waals surface area contributed by atoms with Gasteiger partial charge in [-0.15, -0.1) is 0 Å². The number of esters is 4. The summed E-state index contributed by atoms with van der Waals surface area (Å²) in [4.78, 5) is 91.9. The third-order valence-electron chi connectivity index (χ3n) is 23.9. The lowest BCUT2D eigenvalue weighted by molar-refractivity contribution is -0.139. The first kappa shape index (κ1) is 97.2. The van der Waals surface area contributed by atoms with E-state index in [1.165, 1.54) is 135 Å². The SMILES string of the molecule is C=C(C(=O)OC(=C(C)C(=O)O)C1CC2CCC1(C)C2(C)C)C1CC2CCC1(C)C2(C)C.C=C(C(=O)OC(=C(C)C(=O)O)c1ccccc1)c1ccccc1.C=C(CCCCCCCCCCCC)C(=O)O.C=CC(=O)OC=C(C)C(=O)O.CCCCCCCCCCCCC(CCOCCCC)=C(C)C(=O)OCC. The number of fused-ring (bicyclic) bond motifs is 4. The topological polar surface area (TPSA) is 264 Å². The van der Waals surface area contributed by atoms with Crippen LogP contribution in [-0.2, 0) is 62.0 Å². The van der Waals surface area contributed by atoms with Crippen LogP contribution in [-0.4, -0.2) is 88.0 Å². The Kier molecular flexibility index (Phi) is 45.3. The molecule has 2 aromatic carbocycles. The van der Waals surface area contributed by atoms with Crippen LogP contribution in [0.25, 0.3) is 11.3 Å². The zero-order valence-corrected chi connectivity index (χ0v) is 69.2. The van der Waals surface area contributed by atoms with Gasteiger partial charge in [0.05, 0.1) is 35.5 Å². The van der Waals surface area contributed by atoms with E-state index in [1.54, 1.807) is 61.5 Å². The molecule has 17 heteroatoms. The summed E-state index contributed by atoms with van der Waals surface area (Å²) in [5, 5.41) is 35.9. The minimum atomic E-state index is -1.15. The summed E-state index contributed by atoms with van der Waals surface area (Å²) in [7, 11) is 0. The number of carbonyl (C=O) groups excluding carboxylic acids is 4. The monoisotopic (exact) mass is 1510 g/mol. The maximum atomic E-state index is 13.4. The summed E-state index contributed by atoms with van der Waals surface area (Å²) >= 11 is 0. The number of hydrogen-bond acceptors (Lipinski definition) is 13. The van der Waals surface area contributed by atoms with Crippen LogP contribution in [0.1, 0.15) is 307 Å². The number of benzene rings is 2. The molecule has 0 radical (unpaired) electrons. The molecular weight excluding hydrogens is 1380 g/mol. The minimum Gasteiger partial charge on any atom is -0.478 e. The third kappa shape index (κ3) is 31.4. The van der Waals surface area contributed by atoms with Crippen LogP contribution in [0, 0.1) is 45.3 Å². The van der Waals surface area contributed by atoms with E-state index in [1.807, 2.05) is 19.9 Å². The lowest BCUT2D eigenvalue weighted by Crippen LogP contribution is -2.36. The normalized spacial score (nSPS) is 20.1. The van der Waals surface area contributed by atoms with Crippen LogP contribution in [0.5, 0.6) is 0 Å².